The summed E-state index contributed by atoms with van der Waals surface area (Å²) in [6.07, 6.45) is 1.73. The van der Waals surface area contributed by atoms with E-state index in [1.165, 1.54) is 6.42 Å². The van der Waals surface area contributed by atoms with E-state index in [1.807, 2.05) is 61.3 Å². The summed E-state index contributed by atoms with van der Waals surface area (Å²) in [7, 11) is 1.82. The third-order valence-corrected chi connectivity index (χ3v) is 8.15. The Hall–Kier alpha value is -1.49. The van der Waals surface area contributed by atoms with Gasteiger partial charge in [0.25, 0.3) is 0 Å². The summed E-state index contributed by atoms with van der Waals surface area (Å²) in [4.78, 5) is 14.4. The van der Waals surface area contributed by atoms with Gasteiger partial charge in [0.2, 0.25) is 0 Å². The van der Waals surface area contributed by atoms with E-state index in [0.29, 0.717) is 30.0 Å². The van der Waals surface area contributed by atoms with E-state index in [4.69, 9.17) is 11.6 Å². The Bertz CT molecular complexity index is 1090. The number of rotatable bonds is 13. The second-order valence-electron chi connectivity index (χ2n) is 11.1. The van der Waals surface area contributed by atoms with Crippen LogP contribution in [0.2, 0.25) is 5.02 Å². The van der Waals surface area contributed by atoms with Gasteiger partial charge in [-0.1, -0.05) is 48.4 Å². The molecule has 0 aliphatic heterocycles. The van der Waals surface area contributed by atoms with Crippen LogP contribution in [0.5, 0.6) is 0 Å². The van der Waals surface area contributed by atoms with Gasteiger partial charge in [0.1, 0.15) is 6.04 Å². The molecule has 1 aliphatic rings. The summed E-state index contributed by atoms with van der Waals surface area (Å²) in [5.74, 6) is -0.751. The summed E-state index contributed by atoms with van der Waals surface area (Å²) in [6, 6.07) is 12.5. The first-order valence-electron chi connectivity index (χ1n) is 14.8. The van der Waals surface area contributed by atoms with Crippen LogP contribution in [0.3, 0.4) is 0 Å². The zero-order chi connectivity index (χ0) is 31.3. The Morgan fingerprint density at radius 3 is 2.19 bits per heavy atom. The molecule has 1 N–H and O–H groups in total. The minimum Gasteiger partial charge on any atom is -0.480 e. The van der Waals surface area contributed by atoms with Gasteiger partial charge in [-0.05, 0) is 98.8 Å². The molecule has 9 heteroatoms. The van der Waals surface area contributed by atoms with Gasteiger partial charge in [-0.15, -0.1) is 19.6 Å². The van der Waals surface area contributed by atoms with Crippen molar-refractivity contribution in [1.82, 2.24) is 4.90 Å². The largest absolute Gasteiger partial charge is 1.00 e. The fourth-order valence-electron chi connectivity index (χ4n) is 5.87. The molecule has 0 saturated heterocycles. The van der Waals surface area contributed by atoms with E-state index >= 15 is 0 Å². The number of benzene rings is 2. The maximum atomic E-state index is 12.7. The van der Waals surface area contributed by atoms with E-state index in [2.05, 4.69) is 25.5 Å². The van der Waals surface area contributed by atoms with Crippen molar-refractivity contribution in [3.63, 3.8) is 0 Å². The quantitative estimate of drug-likeness (QED) is 0.197. The van der Waals surface area contributed by atoms with Gasteiger partial charge < -0.3 is 25.9 Å². The van der Waals surface area contributed by atoms with Gasteiger partial charge in [0.05, 0.1) is 6.10 Å². The molecular formula is C34H46ClF3LiNO3-2. The Morgan fingerprint density at radius 1 is 1.05 bits per heavy atom. The maximum absolute atomic E-state index is 12.7. The molecule has 4 nitrogen and oxygen atoms in total. The molecule has 43 heavy (non-hydrogen) atoms. The number of nitrogens with zero attached hydrogens (tertiary/aromatic N) is 1. The van der Waals surface area contributed by atoms with E-state index < -0.39 is 24.5 Å². The molecule has 0 aromatic heterocycles. The molecule has 0 spiro atoms. The first kappa shape index (κ1) is 39.5. The first-order chi connectivity index (χ1) is 19.9. The topological polar surface area (TPSA) is 49.8 Å². The second-order valence-corrected chi connectivity index (χ2v) is 11.5. The van der Waals surface area contributed by atoms with Crippen LogP contribution >= 0.6 is 11.6 Å². The molecule has 0 radical (unpaired) electrons. The molecule has 0 bridgehead atoms. The van der Waals surface area contributed by atoms with Crippen molar-refractivity contribution in [2.45, 2.75) is 101 Å². The summed E-state index contributed by atoms with van der Waals surface area (Å²) in [5.41, 5.74) is 3.74. The van der Waals surface area contributed by atoms with Crippen molar-refractivity contribution in [1.29, 1.82) is 0 Å². The molecule has 2 atom stereocenters. The Balaban J connectivity index is 0.00000142. The summed E-state index contributed by atoms with van der Waals surface area (Å²) >= 11 is 6.20. The fraction of sp³-hybridized carbons (Fsp3) is 0.529. The summed E-state index contributed by atoms with van der Waals surface area (Å²) < 4.78 is 42.3. The zero-order valence-electron chi connectivity index (χ0n) is 26.0. The number of unbranched alkanes of at least 4 members (excludes halogenated alkanes) is 2. The van der Waals surface area contributed by atoms with E-state index in [-0.39, 0.29) is 43.5 Å². The van der Waals surface area contributed by atoms with Crippen LogP contribution in [-0.2, 0) is 9.53 Å². The summed E-state index contributed by atoms with van der Waals surface area (Å²) in [6.45, 7) is 13.8. The van der Waals surface area contributed by atoms with E-state index in [0.717, 1.165) is 48.8 Å². The van der Waals surface area contributed by atoms with Gasteiger partial charge >= 0.3 is 31.2 Å². The molecule has 1 aliphatic carbocycles. The number of alkyl halides is 3. The van der Waals surface area contributed by atoms with E-state index in [1.54, 1.807) is 0 Å². The minimum atomic E-state index is -4.64. The third kappa shape index (κ3) is 13.2. The standard InChI is InChI=1S/C29H36ClF3NO3.C5H10.Li/c1-4-7-20(22-9-6-10-23(30)18-22)16-17-34(3)27(28(35)36)25-11-5-8-19(2)26(25)21-12-14-24(15-13-21)37-29(31,32)33;1-3-5-4-2;/h5-6,8-11,18,20-21,24,27H,1,4,7,12-17H2,2-3H3,(H,35,36);1-5H2;/q-1;-2;+1/t20-,21?,24?,27?;;/m0../s1. The molecule has 1 unspecified atom stereocenters. The maximum Gasteiger partial charge on any atom is 1.00 e. The van der Waals surface area contributed by atoms with Crippen LogP contribution in [0.15, 0.2) is 42.5 Å². The van der Waals surface area contributed by atoms with Gasteiger partial charge in [-0.2, -0.15) is 19.3 Å². The number of carboxylic acid groups (broad SMARTS) is 1. The predicted octanol–water partition coefficient (Wildman–Crippen LogP) is 6.89. The number of hydrogen-bond acceptors (Lipinski definition) is 3. The number of carbonyl (C=O) groups is 1. The molecule has 0 amide bonds. The molecular weight excluding hydrogens is 570 g/mol. The SMILES string of the molecule is [CH2-]CCC[CH2-].[CH2-]CC[C@@H](CCN(C)C(C(=O)O)c1cccc(C)c1C1CCC(OC(F)(F)F)CC1)c1cccc(Cl)c1.[Li+]. The Labute approximate surface area is 273 Å². The molecule has 3 rings (SSSR count). The minimum absolute atomic E-state index is 0. The van der Waals surface area contributed by atoms with Crippen molar-refractivity contribution in [2.24, 2.45) is 0 Å². The molecule has 1 fully saturated rings. The summed E-state index contributed by atoms with van der Waals surface area (Å²) in [5, 5.41) is 11.0. The average molecular weight is 616 g/mol. The fourth-order valence-corrected chi connectivity index (χ4v) is 6.07. The van der Waals surface area contributed by atoms with Crippen LogP contribution in [0, 0.1) is 27.7 Å². The van der Waals surface area contributed by atoms with Crippen LogP contribution in [0.1, 0.15) is 104 Å². The van der Waals surface area contributed by atoms with Crippen molar-refractivity contribution < 1.29 is 46.7 Å². The van der Waals surface area contributed by atoms with Crippen molar-refractivity contribution in [2.75, 3.05) is 13.6 Å². The van der Waals surface area contributed by atoms with Crippen LogP contribution in [0.4, 0.5) is 13.2 Å². The number of ether oxygens (including phenoxy) is 1. The number of halogens is 4. The second kappa shape index (κ2) is 19.8. The molecule has 2 aromatic carbocycles. The molecule has 2 aromatic rings. The third-order valence-electron chi connectivity index (χ3n) is 7.91. The average Bonchev–Trinajstić information content (AvgIpc) is 2.92. The Kier molecular flexibility index (Phi) is 18.2. The molecule has 0 heterocycles. The Morgan fingerprint density at radius 2 is 1.67 bits per heavy atom. The van der Waals surface area contributed by atoms with Gasteiger partial charge in [-0.3, -0.25) is 14.4 Å². The van der Waals surface area contributed by atoms with Crippen molar-refractivity contribution >= 4 is 17.6 Å². The molecule has 236 valence electrons. The van der Waals surface area contributed by atoms with Gasteiger partial charge in [-0.25, -0.2) is 0 Å². The molecule has 1 saturated carbocycles. The predicted molar refractivity (Wildman–Crippen MR) is 164 cm³/mol. The number of aryl methyl sites for hydroxylation is 1. The normalized spacial score (nSPS) is 18.3. The monoisotopic (exact) mass is 615 g/mol. The van der Waals surface area contributed by atoms with E-state index in [9.17, 15) is 23.1 Å². The number of hydrogen-bond donors (Lipinski definition) is 1. The van der Waals surface area contributed by atoms with Crippen LogP contribution in [-0.4, -0.2) is 42.0 Å². The zero-order valence-corrected chi connectivity index (χ0v) is 26.7. The van der Waals surface area contributed by atoms with Gasteiger partial charge in [0.15, 0.2) is 0 Å². The van der Waals surface area contributed by atoms with Crippen LogP contribution < -0.4 is 18.9 Å². The smallest absolute Gasteiger partial charge is 0.480 e. The first-order valence-corrected chi connectivity index (χ1v) is 15.2. The number of carboxylic acids is 1. The van der Waals surface area contributed by atoms with Crippen molar-refractivity contribution in [3.8, 4) is 0 Å². The van der Waals surface area contributed by atoms with Gasteiger partial charge in [0, 0.05) is 5.02 Å². The number of likely N-dealkylation sites (N-methyl/N-ethyl adjacent to an activating group) is 1. The number of aliphatic carboxylic acids is 1. The van der Waals surface area contributed by atoms with Crippen molar-refractivity contribution in [3.05, 3.63) is 90.5 Å². The van der Waals surface area contributed by atoms with Crippen LogP contribution in [0.25, 0.3) is 0 Å².